The first-order chi connectivity index (χ1) is 9.74. The fraction of sp³-hybridized carbons (Fsp3) is 0.294. The van der Waals surface area contributed by atoms with Crippen LogP contribution in [0.4, 0.5) is 4.39 Å². The van der Waals surface area contributed by atoms with Gasteiger partial charge >= 0.3 is 0 Å². The molecule has 2 nitrogen and oxygen atoms in total. The molecule has 1 fully saturated rings. The predicted molar refractivity (Wildman–Crippen MR) is 75.1 cm³/mol. The molecule has 3 heteroatoms. The Morgan fingerprint density at radius 3 is 2.60 bits per heavy atom. The van der Waals surface area contributed by atoms with E-state index in [0.29, 0.717) is 23.8 Å². The van der Waals surface area contributed by atoms with E-state index >= 15 is 0 Å². The molecule has 104 valence electrons. The van der Waals surface area contributed by atoms with Gasteiger partial charge in [-0.05, 0) is 42.5 Å². The van der Waals surface area contributed by atoms with Crippen molar-refractivity contribution >= 4 is 0 Å². The first-order valence-electron chi connectivity index (χ1n) is 6.89. The van der Waals surface area contributed by atoms with Gasteiger partial charge in [-0.3, -0.25) is 0 Å². The molecule has 0 aliphatic heterocycles. The fourth-order valence-corrected chi connectivity index (χ4v) is 2.13. The molecule has 0 bridgehead atoms. The zero-order chi connectivity index (χ0) is 13.9. The molecule has 0 heterocycles. The Morgan fingerprint density at radius 1 is 1.15 bits per heavy atom. The summed E-state index contributed by atoms with van der Waals surface area (Å²) in [6, 6.07) is 13.6. The minimum Gasteiger partial charge on any atom is -0.493 e. The SMILES string of the molecule is OC(c1ccccc1)c1cc(OCC2CC2)ccc1F. The summed E-state index contributed by atoms with van der Waals surface area (Å²) in [5.74, 6) is 0.839. The lowest BCUT2D eigenvalue weighted by Gasteiger charge is -2.14. The van der Waals surface area contributed by atoms with Crippen molar-refractivity contribution in [2.45, 2.75) is 18.9 Å². The van der Waals surface area contributed by atoms with E-state index in [-0.39, 0.29) is 5.56 Å². The lowest BCUT2D eigenvalue weighted by Crippen LogP contribution is -2.04. The number of benzene rings is 2. The minimum atomic E-state index is -0.972. The van der Waals surface area contributed by atoms with E-state index < -0.39 is 11.9 Å². The number of aliphatic hydroxyl groups is 1. The summed E-state index contributed by atoms with van der Waals surface area (Å²) >= 11 is 0. The quantitative estimate of drug-likeness (QED) is 0.899. The van der Waals surface area contributed by atoms with Gasteiger partial charge in [0, 0.05) is 5.56 Å². The molecule has 1 saturated carbocycles. The van der Waals surface area contributed by atoms with Crippen molar-refractivity contribution in [3.8, 4) is 5.75 Å². The molecule has 1 aliphatic carbocycles. The van der Waals surface area contributed by atoms with Crippen molar-refractivity contribution in [1.29, 1.82) is 0 Å². The molecule has 1 unspecified atom stereocenters. The van der Waals surface area contributed by atoms with Crippen molar-refractivity contribution in [2.24, 2.45) is 5.92 Å². The molecule has 0 aromatic heterocycles. The summed E-state index contributed by atoms with van der Waals surface area (Å²) in [6.45, 7) is 0.673. The van der Waals surface area contributed by atoms with Crippen LogP contribution < -0.4 is 4.74 Å². The minimum absolute atomic E-state index is 0.254. The highest BCUT2D eigenvalue weighted by Crippen LogP contribution is 2.31. The summed E-state index contributed by atoms with van der Waals surface area (Å²) in [7, 11) is 0. The molecule has 0 radical (unpaired) electrons. The molecule has 0 amide bonds. The molecule has 20 heavy (non-hydrogen) atoms. The van der Waals surface area contributed by atoms with E-state index in [1.165, 1.54) is 18.9 Å². The predicted octanol–water partition coefficient (Wildman–Crippen LogP) is 3.70. The zero-order valence-electron chi connectivity index (χ0n) is 11.1. The maximum absolute atomic E-state index is 13.9. The maximum Gasteiger partial charge on any atom is 0.129 e. The third-order valence-electron chi connectivity index (χ3n) is 3.56. The van der Waals surface area contributed by atoms with Crippen molar-refractivity contribution in [3.63, 3.8) is 0 Å². The first-order valence-corrected chi connectivity index (χ1v) is 6.89. The van der Waals surface area contributed by atoms with Crippen molar-refractivity contribution in [3.05, 3.63) is 65.5 Å². The average molecular weight is 272 g/mol. The Morgan fingerprint density at radius 2 is 1.90 bits per heavy atom. The third-order valence-corrected chi connectivity index (χ3v) is 3.56. The van der Waals surface area contributed by atoms with Crippen molar-refractivity contribution < 1.29 is 14.2 Å². The second-order valence-corrected chi connectivity index (χ2v) is 5.25. The molecular weight excluding hydrogens is 255 g/mol. The Labute approximate surface area is 117 Å². The molecule has 0 spiro atoms. The highest BCUT2D eigenvalue weighted by molar-refractivity contribution is 5.36. The van der Waals surface area contributed by atoms with Crippen LogP contribution in [0.1, 0.15) is 30.1 Å². The van der Waals surface area contributed by atoms with Gasteiger partial charge in [-0.1, -0.05) is 30.3 Å². The largest absolute Gasteiger partial charge is 0.493 e. The summed E-state index contributed by atoms with van der Waals surface area (Å²) in [6.07, 6.45) is 1.45. The monoisotopic (exact) mass is 272 g/mol. The van der Waals surface area contributed by atoms with Crippen molar-refractivity contribution in [1.82, 2.24) is 0 Å². The topological polar surface area (TPSA) is 29.5 Å². The van der Waals surface area contributed by atoms with Crippen LogP contribution in [-0.2, 0) is 0 Å². The second kappa shape index (κ2) is 5.63. The number of ether oxygens (including phenoxy) is 1. The molecule has 1 N–H and O–H groups in total. The van der Waals surface area contributed by atoms with Gasteiger partial charge in [0.15, 0.2) is 0 Å². The van der Waals surface area contributed by atoms with Crippen molar-refractivity contribution in [2.75, 3.05) is 6.61 Å². The standard InChI is InChI=1S/C17H17FO2/c18-16-9-8-14(20-11-12-6-7-12)10-15(16)17(19)13-4-2-1-3-5-13/h1-5,8-10,12,17,19H,6-7,11H2. The zero-order valence-corrected chi connectivity index (χ0v) is 11.1. The van der Waals surface area contributed by atoms with Crippen LogP contribution in [0.5, 0.6) is 5.75 Å². The van der Waals surface area contributed by atoms with Gasteiger partial charge in [0.25, 0.3) is 0 Å². The van der Waals surface area contributed by atoms with Crippen LogP contribution in [0.2, 0.25) is 0 Å². The molecule has 0 saturated heterocycles. The molecule has 3 rings (SSSR count). The number of halogens is 1. The molecule has 1 atom stereocenters. The van der Waals surface area contributed by atoms with Crippen LogP contribution in [0.15, 0.2) is 48.5 Å². The van der Waals surface area contributed by atoms with Gasteiger partial charge in [0.05, 0.1) is 6.61 Å². The molecule has 1 aliphatic rings. The van der Waals surface area contributed by atoms with Gasteiger partial charge in [-0.2, -0.15) is 0 Å². The van der Waals surface area contributed by atoms with Gasteiger partial charge in [-0.15, -0.1) is 0 Å². The number of aliphatic hydroxyl groups excluding tert-OH is 1. The van der Waals surface area contributed by atoms with E-state index in [1.54, 1.807) is 24.3 Å². The normalized spacial score (nSPS) is 15.9. The van der Waals surface area contributed by atoms with E-state index in [1.807, 2.05) is 18.2 Å². The number of hydrogen-bond donors (Lipinski definition) is 1. The Bertz CT molecular complexity index is 579. The van der Waals surface area contributed by atoms with E-state index in [2.05, 4.69) is 0 Å². The van der Waals surface area contributed by atoms with Gasteiger partial charge in [0.2, 0.25) is 0 Å². The summed E-state index contributed by atoms with van der Waals surface area (Å²) in [4.78, 5) is 0. The van der Waals surface area contributed by atoms with Crippen LogP contribution in [0.3, 0.4) is 0 Å². The summed E-state index contributed by atoms with van der Waals surface area (Å²) in [5.41, 5.74) is 0.926. The van der Waals surface area contributed by atoms with Crippen LogP contribution in [0.25, 0.3) is 0 Å². The number of hydrogen-bond acceptors (Lipinski definition) is 2. The Balaban J connectivity index is 1.81. The Kier molecular flexibility index (Phi) is 3.70. The van der Waals surface area contributed by atoms with Crippen LogP contribution >= 0.6 is 0 Å². The smallest absolute Gasteiger partial charge is 0.129 e. The third kappa shape index (κ3) is 2.99. The maximum atomic E-state index is 13.9. The summed E-state index contributed by atoms with van der Waals surface area (Å²) in [5, 5.41) is 10.3. The van der Waals surface area contributed by atoms with Gasteiger partial charge < -0.3 is 9.84 Å². The highest BCUT2D eigenvalue weighted by Gasteiger charge is 2.22. The highest BCUT2D eigenvalue weighted by atomic mass is 19.1. The Hall–Kier alpha value is -1.87. The first kappa shape index (κ1) is 13.1. The fourth-order valence-electron chi connectivity index (χ4n) is 2.13. The van der Waals surface area contributed by atoms with Crippen LogP contribution in [-0.4, -0.2) is 11.7 Å². The van der Waals surface area contributed by atoms with E-state index in [9.17, 15) is 9.50 Å². The van der Waals surface area contributed by atoms with E-state index in [4.69, 9.17) is 4.74 Å². The lowest BCUT2D eigenvalue weighted by atomic mass is 10.0. The second-order valence-electron chi connectivity index (χ2n) is 5.25. The van der Waals surface area contributed by atoms with Gasteiger partial charge in [0.1, 0.15) is 17.7 Å². The van der Waals surface area contributed by atoms with Gasteiger partial charge in [-0.25, -0.2) is 4.39 Å². The average Bonchev–Trinajstić information content (AvgIpc) is 3.31. The molecule has 2 aromatic carbocycles. The molecular formula is C17H17FO2. The van der Waals surface area contributed by atoms with E-state index in [0.717, 1.165) is 0 Å². The van der Waals surface area contributed by atoms with Crippen LogP contribution in [0, 0.1) is 11.7 Å². The molecule has 2 aromatic rings. The number of rotatable bonds is 5. The summed E-state index contributed by atoms with van der Waals surface area (Å²) < 4.78 is 19.5. The lowest BCUT2D eigenvalue weighted by molar-refractivity contribution is 0.213.